The van der Waals surface area contributed by atoms with Crippen LogP contribution in [0, 0.1) is 12.7 Å². The fourth-order valence-corrected chi connectivity index (χ4v) is 3.87. The van der Waals surface area contributed by atoms with Gasteiger partial charge in [0, 0.05) is 31.2 Å². The van der Waals surface area contributed by atoms with Crippen molar-refractivity contribution in [3.05, 3.63) is 77.5 Å². The molecule has 1 aliphatic rings. The van der Waals surface area contributed by atoms with Crippen molar-refractivity contribution < 1.29 is 18.7 Å². The van der Waals surface area contributed by atoms with E-state index in [1.807, 2.05) is 0 Å². The molecule has 3 amide bonds. The van der Waals surface area contributed by atoms with Gasteiger partial charge in [0.25, 0.3) is 5.91 Å². The number of hydrogen-bond donors (Lipinski definition) is 3. The molecular formula is C25H27FN6O3. The second kappa shape index (κ2) is 10.9. The highest BCUT2D eigenvalue weighted by molar-refractivity contribution is 6.01. The van der Waals surface area contributed by atoms with Crippen molar-refractivity contribution in [2.75, 3.05) is 30.8 Å². The minimum atomic E-state index is -0.508. The van der Waals surface area contributed by atoms with E-state index in [2.05, 4.69) is 30.8 Å². The Morgan fingerprint density at radius 3 is 2.63 bits per heavy atom. The highest BCUT2D eigenvalue weighted by Gasteiger charge is 2.24. The second-order valence-corrected chi connectivity index (χ2v) is 8.36. The van der Waals surface area contributed by atoms with Crippen molar-refractivity contribution in [1.29, 1.82) is 0 Å². The Labute approximate surface area is 202 Å². The van der Waals surface area contributed by atoms with Gasteiger partial charge in [-0.2, -0.15) is 0 Å². The molecule has 1 unspecified atom stereocenters. The molecule has 1 atom stereocenters. The molecule has 3 N–H and O–H groups in total. The monoisotopic (exact) mass is 478 g/mol. The van der Waals surface area contributed by atoms with Gasteiger partial charge < -0.3 is 15.4 Å². The normalized spacial score (nSPS) is 15.5. The van der Waals surface area contributed by atoms with Crippen LogP contribution in [0.1, 0.15) is 28.0 Å². The summed E-state index contributed by atoms with van der Waals surface area (Å²) < 4.78 is 18.5. The van der Waals surface area contributed by atoms with E-state index in [1.54, 1.807) is 43.5 Å². The maximum absolute atomic E-state index is 13.1. The number of nitrogens with zero attached hydrogens (tertiary/aromatic N) is 3. The minimum absolute atomic E-state index is 0.00754. The topological polar surface area (TPSA) is 108 Å². The molecule has 35 heavy (non-hydrogen) atoms. The van der Waals surface area contributed by atoms with Crippen LogP contribution in [0.25, 0.3) is 0 Å². The summed E-state index contributed by atoms with van der Waals surface area (Å²) in [5, 5.41) is 8.35. The average Bonchev–Trinajstić information content (AvgIpc) is 3.28. The molecule has 9 nitrogen and oxygen atoms in total. The molecule has 10 heteroatoms. The Balaban J connectivity index is 1.32. The van der Waals surface area contributed by atoms with E-state index in [1.165, 1.54) is 25.4 Å². The Morgan fingerprint density at radius 1 is 1.11 bits per heavy atom. The molecule has 2 heterocycles. The summed E-state index contributed by atoms with van der Waals surface area (Å²) in [6.07, 6.45) is 3.84. The zero-order chi connectivity index (χ0) is 24.8. The molecule has 1 aliphatic heterocycles. The predicted molar refractivity (Wildman–Crippen MR) is 130 cm³/mol. The van der Waals surface area contributed by atoms with Gasteiger partial charge in [0.1, 0.15) is 11.6 Å². The van der Waals surface area contributed by atoms with Gasteiger partial charge in [0.05, 0.1) is 30.9 Å². The van der Waals surface area contributed by atoms with Crippen LogP contribution in [-0.4, -0.2) is 53.0 Å². The number of ether oxygens (including phenoxy) is 1. The smallest absolute Gasteiger partial charge is 0.324 e. The van der Waals surface area contributed by atoms with Gasteiger partial charge in [-0.05, 0) is 49.2 Å². The summed E-state index contributed by atoms with van der Waals surface area (Å²) in [5.74, 6) is 0.196. The van der Waals surface area contributed by atoms with E-state index >= 15 is 0 Å². The highest BCUT2D eigenvalue weighted by atomic mass is 19.1. The third-order valence-electron chi connectivity index (χ3n) is 5.66. The lowest BCUT2D eigenvalue weighted by Gasteiger charge is -2.17. The van der Waals surface area contributed by atoms with Crippen LogP contribution in [0.4, 0.5) is 20.7 Å². The molecule has 0 spiro atoms. The Hall–Kier alpha value is -4.05. The molecule has 1 aromatic heterocycles. The average molecular weight is 479 g/mol. The summed E-state index contributed by atoms with van der Waals surface area (Å²) in [6.45, 7) is 4.06. The molecule has 1 fully saturated rings. The van der Waals surface area contributed by atoms with Crippen LogP contribution in [0.5, 0.6) is 5.75 Å². The van der Waals surface area contributed by atoms with Crippen LogP contribution in [0.15, 0.2) is 54.9 Å². The highest BCUT2D eigenvalue weighted by Crippen LogP contribution is 2.26. The fraction of sp³-hybridized carbons (Fsp3) is 0.280. The molecule has 4 rings (SSSR count). The van der Waals surface area contributed by atoms with Gasteiger partial charge in [-0.1, -0.05) is 12.1 Å². The standard InChI is InChI=1S/C25H27FN6O3/c1-16-12-28-23(13-27-16)31-25(34)30-21-8-5-18(11-22(21)35-2)24(33)29-20-9-10-32(15-20)14-17-3-6-19(26)7-4-17/h3-8,11-13,20H,9-10,14-15H2,1-2H3,(H,29,33)(H2,28,30,31,34). The lowest BCUT2D eigenvalue weighted by molar-refractivity contribution is 0.0937. The molecule has 3 aromatic rings. The van der Waals surface area contributed by atoms with Gasteiger partial charge in [-0.15, -0.1) is 0 Å². The van der Waals surface area contributed by atoms with Crippen LogP contribution < -0.4 is 20.7 Å². The first-order valence-corrected chi connectivity index (χ1v) is 11.2. The zero-order valence-electron chi connectivity index (χ0n) is 19.5. The van der Waals surface area contributed by atoms with Crippen LogP contribution in [0.3, 0.4) is 0 Å². The van der Waals surface area contributed by atoms with Crippen LogP contribution >= 0.6 is 0 Å². The number of aromatic nitrogens is 2. The maximum atomic E-state index is 13.1. The van der Waals surface area contributed by atoms with E-state index in [-0.39, 0.29) is 17.8 Å². The van der Waals surface area contributed by atoms with Gasteiger partial charge in [0.2, 0.25) is 0 Å². The lowest BCUT2D eigenvalue weighted by atomic mass is 10.1. The van der Waals surface area contributed by atoms with Crippen molar-refractivity contribution in [3.63, 3.8) is 0 Å². The first kappa shape index (κ1) is 24.1. The largest absolute Gasteiger partial charge is 0.495 e. The van der Waals surface area contributed by atoms with E-state index in [0.29, 0.717) is 35.9 Å². The van der Waals surface area contributed by atoms with E-state index in [0.717, 1.165) is 24.2 Å². The minimum Gasteiger partial charge on any atom is -0.495 e. The zero-order valence-corrected chi connectivity index (χ0v) is 19.5. The summed E-state index contributed by atoms with van der Waals surface area (Å²) in [7, 11) is 1.47. The van der Waals surface area contributed by atoms with Crippen molar-refractivity contribution in [3.8, 4) is 5.75 Å². The molecule has 0 saturated carbocycles. The fourth-order valence-electron chi connectivity index (χ4n) is 3.87. The molecule has 182 valence electrons. The summed E-state index contributed by atoms with van der Waals surface area (Å²) in [5.41, 5.74) is 2.61. The van der Waals surface area contributed by atoms with Gasteiger partial charge in [-0.25, -0.2) is 14.2 Å². The van der Waals surface area contributed by atoms with Crippen molar-refractivity contribution in [1.82, 2.24) is 20.2 Å². The Bertz CT molecular complexity index is 1190. The van der Waals surface area contributed by atoms with Crippen molar-refractivity contribution >= 4 is 23.4 Å². The number of carbonyl (C=O) groups excluding carboxylic acids is 2. The molecule has 0 aliphatic carbocycles. The summed E-state index contributed by atoms with van der Waals surface area (Å²) >= 11 is 0. The van der Waals surface area contributed by atoms with Crippen LogP contribution in [-0.2, 0) is 6.54 Å². The molecular weight excluding hydrogens is 451 g/mol. The number of halogens is 1. The van der Waals surface area contributed by atoms with E-state index in [9.17, 15) is 14.0 Å². The SMILES string of the molecule is COc1cc(C(=O)NC2CCN(Cc3ccc(F)cc3)C2)ccc1NC(=O)Nc1cnc(C)cn1. The van der Waals surface area contributed by atoms with Gasteiger partial charge in [-0.3, -0.25) is 20.0 Å². The quantitative estimate of drug-likeness (QED) is 0.479. The molecule has 2 aromatic carbocycles. The molecule has 1 saturated heterocycles. The van der Waals surface area contributed by atoms with E-state index in [4.69, 9.17) is 4.74 Å². The number of rotatable bonds is 7. The summed E-state index contributed by atoms with van der Waals surface area (Å²) in [4.78, 5) is 35.5. The first-order valence-electron chi connectivity index (χ1n) is 11.2. The number of methoxy groups -OCH3 is 1. The number of amides is 3. The first-order chi connectivity index (χ1) is 16.9. The molecule has 0 bridgehead atoms. The number of likely N-dealkylation sites (tertiary alicyclic amines) is 1. The van der Waals surface area contributed by atoms with E-state index < -0.39 is 6.03 Å². The van der Waals surface area contributed by atoms with Crippen molar-refractivity contribution in [2.45, 2.75) is 25.9 Å². The van der Waals surface area contributed by atoms with Crippen LogP contribution in [0.2, 0.25) is 0 Å². The number of aryl methyl sites for hydroxylation is 1. The number of hydrogen-bond acceptors (Lipinski definition) is 6. The van der Waals surface area contributed by atoms with Gasteiger partial charge >= 0.3 is 6.03 Å². The number of anilines is 2. The third-order valence-corrected chi connectivity index (χ3v) is 5.66. The van der Waals surface area contributed by atoms with Gasteiger partial charge in [0.15, 0.2) is 5.82 Å². The summed E-state index contributed by atoms with van der Waals surface area (Å²) in [6, 6.07) is 10.8. The second-order valence-electron chi connectivity index (χ2n) is 8.36. The Kier molecular flexibility index (Phi) is 7.51. The number of urea groups is 1. The third kappa shape index (κ3) is 6.51. The molecule has 0 radical (unpaired) electrons. The predicted octanol–water partition coefficient (Wildman–Crippen LogP) is 3.58. The maximum Gasteiger partial charge on any atom is 0.324 e. The number of benzene rings is 2. The number of nitrogens with one attached hydrogen (secondary N) is 3. The van der Waals surface area contributed by atoms with Crippen molar-refractivity contribution in [2.24, 2.45) is 0 Å². The number of carbonyl (C=O) groups is 2. The Morgan fingerprint density at radius 2 is 1.91 bits per heavy atom. The lowest BCUT2D eigenvalue weighted by Crippen LogP contribution is -2.37.